The highest BCUT2D eigenvalue weighted by atomic mass is 32.1. The molecule has 3 rings (SSSR count). The number of fused-ring (bicyclic) bond motifs is 1. The quantitative estimate of drug-likeness (QED) is 0.595. The lowest BCUT2D eigenvalue weighted by molar-refractivity contribution is 0.0955. The summed E-state index contributed by atoms with van der Waals surface area (Å²) in [7, 11) is 1.61. The number of nitrogens with zero attached hydrogens (tertiary/aromatic N) is 2. The van der Waals surface area contributed by atoms with Gasteiger partial charge in [0.15, 0.2) is 5.01 Å². The van der Waals surface area contributed by atoms with Crippen LogP contribution in [0.15, 0.2) is 53.6 Å². The first-order chi connectivity index (χ1) is 10.8. The number of para-hydroxylation sites is 1. The molecule has 0 radical (unpaired) electrons. The van der Waals surface area contributed by atoms with Crippen molar-refractivity contribution in [3.63, 3.8) is 0 Å². The van der Waals surface area contributed by atoms with Crippen LogP contribution in [-0.4, -0.2) is 24.2 Å². The molecule has 0 spiro atoms. The molecule has 0 bridgehead atoms. The van der Waals surface area contributed by atoms with Crippen LogP contribution < -0.4 is 10.2 Å². The number of rotatable bonds is 4. The van der Waals surface area contributed by atoms with Crippen molar-refractivity contribution in [1.82, 2.24) is 10.4 Å². The van der Waals surface area contributed by atoms with Crippen molar-refractivity contribution in [3.05, 3.63) is 59.1 Å². The number of aromatic nitrogens is 1. The van der Waals surface area contributed by atoms with Gasteiger partial charge >= 0.3 is 0 Å². The molecule has 0 unspecified atom stereocenters. The first-order valence-electron chi connectivity index (χ1n) is 6.59. The number of methoxy groups -OCH3 is 1. The molecule has 1 aromatic heterocycles. The van der Waals surface area contributed by atoms with Gasteiger partial charge in [-0.2, -0.15) is 5.10 Å². The smallest absolute Gasteiger partial charge is 0.300 e. The van der Waals surface area contributed by atoms with Crippen LogP contribution >= 0.6 is 11.3 Å². The lowest BCUT2D eigenvalue weighted by atomic mass is 10.2. The van der Waals surface area contributed by atoms with E-state index < -0.39 is 0 Å². The fourth-order valence-electron chi connectivity index (χ4n) is 1.87. The van der Waals surface area contributed by atoms with Gasteiger partial charge in [-0.05, 0) is 42.0 Å². The molecule has 0 saturated heterocycles. The molecule has 22 heavy (non-hydrogen) atoms. The zero-order valence-electron chi connectivity index (χ0n) is 11.8. The van der Waals surface area contributed by atoms with E-state index >= 15 is 0 Å². The molecule has 110 valence electrons. The fourth-order valence-corrected chi connectivity index (χ4v) is 2.73. The summed E-state index contributed by atoms with van der Waals surface area (Å²) in [6, 6.07) is 15.0. The van der Waals surface area contributed by atoms with Crippen molar-refractivity contribution >= 4 is 33.7 Å². The number of hydrogen-bond donors (Lipinski definition) is 1. The van der Waals surface area contributed by atoms with Crippen LogP contribution in [-0.2, 0) is 0 Å². The molecular formula is C16H13N3O2S. The summed E-state index contributed by atoms with van der Waals surface area (Å²) < 4.78 is 6.06. The largest absolute Gasteiger partial charge is 0.497 e. The highest BCUT2D eigenvalue weighted by molar-refractivity contribution is 7.20. The zero-order chi connectivity index (χ0) is 15.4. The van der Waals surface area contributed by atoms with E-state index in [1.54, 1.807) is 13.3 Å². The molecule has 0 atom stereocenters. The maximum Gasteiger partial charge on any atom is 0.300 e. The molecule has 1 heterocycles. The van der Waals surface area contributed by atoms with Crippen molar-refractivity contribution in [2.75, 3.05) is 7.11 Å². The van der Waals surface area contributed by atoms with Crippen molar-refractivity contribution < 1.29 is 9.53 Å². The lowest BCUT2D eigenvalue weighted by Gasteiger charge is -1.99. The van der Waals surface area contributed by atoms with Crippen LogP contribution in [0.1, 0.15) is 15.4 Å². The molecular weight excluding hydrogens is 298 g/mol. The van der Waals surface area contributed by atoms with Gasteiger partial charge in [0.2, 0.25) is 0 Å². The van der Waals surface area contributed by atoms with Gasteiger partial charge in [-0.3, -0.25) is 4.79 Å². The number of ether oxygens (including phenoxy) is 1. The Bertz CT molecular complexity index is 792. The van der Waals surface area contributed by atoms with Crippen LogP contribution in [0.4, 0.5) is 0 Å². The first-order valence-corrected chi connectivity index (χ1v) is 7.41. The van der Waals surface area contributed by atoms with Gasteiger partial charge in [0.1, 0.15) is 5.75 Å². The number of hydrogen-bond acceptors (Lipinski definition) is 5. The van der Waals surface area contributed by atoms with E-state index in [2.05, 4.69) is 15.5 Å². The second-order valence-corrected chi connectivity index (χ2v) is 5.49. The maximum absolute atomic E-state index is 12.0. The summed E-state index contributed by atoms with van der Waals surface area (Å²) in [6.07, 6.45) is 1.57. The minimum absolute atomic E-state index is 0.314. The Kier molecular flexibility index (Phi) is 4.11. The molecule has 0 aliphatic carbocycles. The molecule has 0 aliphatic rings. The Morgan fingerprint density at radius 3 is 2.73 bits per heavy atom. The standard InChI is InChI=1S/C16H13N3O2S/c1-21-12-8-6-11(7-9-12)10-17-19-15(20)16-18-13-4-2-3-5-14(13)22-16/h2-10H,1H3,(H,19,20)/b17-10+. The Morgan fingerprint density at radius 1 is 1.23 bits per heavy atom. The molecule has 3 aromatic rings. The monoisotopic (exact) mass is 311 g/mol. The molecule has 0 fully saturated rings. The molecule has 2 aromatic carbocycles. The number of nitrogens with one attached hydrogen (secondary N) is 1. The van der Waals surface area contributed by atoms with Gasteiger partial charge in [0.05, 0.1) is 23.5 Å². The van der Waals surface area contributed by atoms with Gasteiger partial charge in [-0.1, -0.05) is 12.1 Å². The SMILES string of the molecule is COc1ccc(/C=N/NC(=O)c2nc3ccccc3s2)cc1. The molecule has 6 heteroatoms. The van der Waals surface area contributed by atoms with Crippen LogP contribution in [0.25, 0.3) is 10.2 Å². The minimum atomic E-state index is -0.314. The van der Waals surface area contributed by atoms with Gasteiger partial charge in [0.25, 0.3) is 5.91 Å². The fraction of sp³-hybridized carbons (Fsp3) is 0.0625. The van der Waals surface area contributed by atoms with E-state index in [4.69, 9.17) is 4.74 Å². The number of carbonyl (C=O) groups excluding carboxylic acids is 1. The van der Waals surface area contributed by atoms with Gasteiger partial charge in [-0.15, -0.1) is 11.3 Å². The normalized spacial score (nSPS) is 11.0. The van der Waals surface area contributed by atoms with Gasteiger partial charge in [-0.25, -0.2) is 10.4 Å². The number of amides is 1. The van der Waals surface area contributed by atoms with Crippen LogP contribution in [0, 0.1) is 0 Å². The molecule has 1 amide bonds. The van der Waals surface area contributed by atoms with E-state index in [1.165, 1.54) is 11.3 Å². The van der Waals surface area contributed by atoms with Crippen LogP contribution in [0.3, 0.4) is 0 Å². The van der Waals surface area contributed by atoms with E-state index in [-0.39, 0.29) is 5.91 Å². The average molecular weight is 311 g/mol. The highest BCUT2D eigenvalue weighted by Gasteiger charge is 2.10. The minimum Gasteiger partial charge on any atom is -0.497 e. The van der Waals surface area contributed by atoms with Crippen molar-refractivity contribution in [2.45, 2.75) is 0 Å². The topological polar surface area (TPSA) is 63.6 Å². The summed E-state index contributed by atoms with van der Waals surface area (Å²) in [4.78, 5) is 16.3. The third kappa shape index (κ3) is 3.12. The lowest BCUT2D eigenvalue weighted by Crippen LogP contribution is -2.17. The molecule has 1 N–H and O–H groups in total. The maximum atomic E-state index is 12.0. The summed E-state index contributed by atoms with van der Waals surface area (Å²) in [5, 5.41) is 4.34. The Balaban J connectivity index is 1.67. The summed E-state index contributed by atoms with van der Waals surface area (Å²) in [6.45, 7) is 0. The third-order valence-electron chi connectivity index (χ3n) is 2.98. The van der Waals surface area contributed by atoms with Gasteiger partial charge in [0, 0.05) is 0 Å². The van der Waals surface area contributed by atoms with E-state index in [0.717, 1.165) is 21.5 Å². The summed E-state index contributed by atoms with van der Waals surface area (Å²) >= 11 is 1.34. The van der Waals surface area contributed by atoms with E-state index in [1.807, 2.05) is 48.5 Å². The van der Waals surface area contributed by atoms with Crippen molar-refractivity contribution in [1.29, 1.82) is 0 Å². The number of benzene rings is 2. The van der Waals surface area contributed by atoms with Crippen molar-refractivity contribution in [2.24, 2.45) is 5.10 Å². The number of carbonyl (C=O) groups is 1. The van der Waals surface area contributed by atoms with E-state index in [9.17, 15) is 4.79 Å². The third-order valence-corrected chi connectivity index (χ3v) is 4.02. The summed E-state index contributed by atoms with van der Waals surface area (Å²) in [5.41, 5.74) is 4.17. The highest BCUT2D eigenvalue weighted by Crippen LogP contribution is 2.21. The number of hydrazone groups is 1. The summed E-state index contributed by atoms with van der Waals surface area (Å²) in [5.74, 6) is 0.460. The molecule has 5 nitrogen and oxygen atoms in total. The Hall–Kier alpha value is -2.73. The second kappa shape index (κ2) is 6.36. The van der Waals surface area contributed by atoms with Crippen molar-refractivity contribution in [3.8, 4) is 5.75 Å². The second-order valence-electron chi connectivity index (χ2n) is 4.46. The van der Waals surface area contributed by atoms with Gasteiger partial charge < -0.3 is 4.74 Å². The van der Waals surface area contributed by atoms with E-state index in [0.29, 0.717) is 5.01 Å². The first kappa shape index (κ1) is 14.2. The predicted octanol–water partition coefficient (Wildman–Crippen LogP) is 3.07. The Labute approximate surface area is 131 Å². The predicted molar refractivity (Wildman–Crippen MR) is 87.7 cm³/mol. The van der Waals surface area contributed by atoms with Crippen LogP contribution in [0.2, 0.25) is 0 Å². The Morgan fingerprint density at radius 2 is 2.00 bits per heavy atom. The molecule has 0 saturated carbocycles. The number of thiazole rings is 1. The average Bonchev–Trinajstić information content (AvgIpc) is 2.99. The van der Waals surface area contributed by atoms with Crippen LogP contribution in [0.5, 0.6) is 5.75 Å². The molecule has 0 aliphatic heterocycles. The zero-order valence-corrected chi connectivity index (χ0v) is 12.6.